The summed E-state index contributed by atoms with van der Waals surface area (Å²) in [5.41, 5.74) is 1.28. The van der Waals surface area contributed by atoms with Crippen molar-refractivity contribution in [2.24, 2.45) is 0 Å². The van der Waals surface area contributed by atoms with Crippen molar-refractivity contribution in [2.45, 2.75) is 19.3 Å². The molecule has 2 N–H and O–H groups in total. The summed E-state index contributed by atoms with van der Waals surface area (Å²) in [5, 5.41) is 14.7. The Hall–Kier alpha value is -1.63. The van der Waals surface area contributed by atoms with Crippen LogP contribution < -0.4 is 5.32 Å². The zero-order chi connectivity index (χ0) is 16.8. The second-order valence-electron chi connectivity index (χ2n) is 4.76. The molecule has 5 nitrogen and oxygen atoms in total. The standard InChI is InChI=1S/C15H14Cl2N2O3S/c16-10-3-1-4-11(17)14(10)15-19-9(8-23-15)7-12(20)18-6-2-5-13(21)22/h1,3-4,8H,2,5-7H2,(H,18,20)(H,21,22). The topological polar surface area (TPSA) is 79.3 Å². The summed E-state index contributed by atoms with van der Waals surface area (Å²) in [5.74, 6) is -1.07. The maximum Gasteiger partial charge on any atom is 0.303 e. The number of nitrogens with zero attached hydrogens (tertiary/aromatic N) is 1. The van der Waals surface area contributed by atoms with E-state index < -0.39 is 5.97 Å². The molecule has 0 unspecified atom stereocenters. The molecule has 0 atom stereocenters. The van der Waals surface area contributed by atoms with Crippen LogP contribution in [0, 0.1) is 0 Å². The van der Waals surface area contributed by atoms with E-state index in [1.807, 2.05) is 0 Å². The fourth-order valence-corrected chi connectivity index (χ4v) is 3.48. The summed E-state index contributed by atoms with van der Waals surface area (Å²) in [7, 11) is 0. The molecule has 0 radical (unpaired) electrons. The van der Waals surface area contributed by atoms with Crippen molar-refractivity contribution in [3.05, 3.63) is 39.3 Å². The first-order valence-electron chi connectivity index (χ1n) is 6.84. The van der Waals surface area contributed by atoms with Gasteiger partial charge in [0.05, 0.1) is 22.2 Å². The lowest BCUT2D eigenvalue weighted by Gasteiger charge is -2.03. The summed E-state index contributed by atoms with van der Waals surface area (Å²) < 4.78 is 0. The number of carbonyl (C=O) groups excluding carboxylic acids is 1. The van der Waals surface area contributed by atoms with Crippen LogP contribution in [0.25, 0.3) is 10.6 Å². The average molecular weight is 373 g/mol. The van der Waals surface area contributed by atoms with Crippen LogP contribution in [0.4, 0.5) is 0 Å². The van der Waals surface area contributed by atoms with Crippen LogP contribution in [0.1, 0.15) is 18.5 Å². The number of hydrogen-bond donors (Lipinski definition) is 2. The lowest BCUT2D eigenvalue weighted by Crippen LogP contribution is -2.26. The van der Waals surface area contributed by atoms with Gasteiger partial charge in [-0.25, -0.2) is 4.98 Å². The monoisotopic (exact) mass is 372 g/mol. The molecule has 23 heavy (non-hydrogen) atoms. The summed E-state index contributed by atoms with van der Waals surface area (Å²) in [4.78, 5) is 26.6. The molecule has 2 aromatic rings. The highest BCUT2D eigenvalue weighted by molar-refractivity contribution is 7.13. The minimum Gasteiger partial charge on any atom is -0.481 e. The maximum absolute atomic E-state index is 11.8. The van der Waals surface area contributed by atoms with Gasteiger partial charge in [0.15, 0.2) is 0 Å². The van der Waals surface area contributed by atoms with E-state index in [-0.39, 0.29) is 18.7 Å². The number of benzene rings is 1. The highest BCUT2D eigenvalue weighted by Crippen LogP contribution is 2.36. The third-order valence-electron chi connectivity index (χ3n) is 2.96. The Bertz CT molecular complexity index is 698. The molecule has 0 aliphatic carbocycles. The molecule has 0 saturated heterocycles. The lowest BCUT2D eigenvalue weighted by molar-refractivity contribution is -0.137. The first-order chi connectivity index (χ1) is 11.0. The molecule has 0 saturated carbocycles. The molecular formula is C15H14Cl2N2O3S. The van der Waals surface area contributed by atoms with E-state index in [0.29, 0.717) is 39.3 Å². The Balaban J connectivity index is 1.95. The van der Waals surface area contributed by atoms with Crippen LogP contribution in [-0.2, 0) is 16.0 Å². The van der Waals surface area contributed by atoms with E-state index in [2.05, 4.69) is 10.3 Å². The van der Waals surface area contributed by atoms with Gasteiger partial charge in [0.25, 0.3) is 0 Å². The second-order valence-corrected chi connectivity index (χ2v) is 6.44. The first kappa shape index (κ1) is 17.7. The van der Waals surface area contributed by atoms with Crippen molar-refractivity contribution in [3.8, 4) is 10.6 Å². The van der Waals surface area contributed by atoms with Crippen molar-refractivity contribution in [1.29, 1.82) is 0 Å². The SMILES string of the molecule is O=C(O)CCCNC(=O)Cc1csc(-c2c(Cl)cccc2Cl)n1. The number of carboxylic acids is 1. The molecule has 1 aromatic heterocycles. The zero-order valence-electron chi connectivity index (χ0n) is 12.0. The number of amides is 1. The number of carbonyl (C=O) groups is 2. The van der Waals surface area contributed by atoms with E-state index >= 15 is 0 Å². The molecule has 8 heteroatoms. The Labute approximate surface area is 147 Å². The Kier molecular flexibility index (Phi) is 6.38. The number of halogens is 2. The number of rotatable bonds is 7. The van der Waals surface area contributed by atoms with Crippen molar-refractivity contribution < 1.29 is 14.7 Å². The van der Waals surface area contributed by atoms with E-state index in [0.717, 1.165) is 0 Å². The maximum atomic E-state index is 11.8. The molecule has 2 rings (SSSR count). The van der Waals surface area contributed by atoms with Gasteiger partial charge in [-0.3, -0.25) is 9.59 Å². The number of aromatic nitrogens is 1. The summed E-state index contributed by atoms with van der Waals surface area (Å²) in [6.07, 6.45) is 0.566. The number of hydrogen-bond acceptors (Lipinski definition) is 4. The molecule has 1 heterocycles. The van der Waals surface area contributed by atoms with Crippen LogP contribution in [0.15, 0.2) is 23.6 Å². The minimum absolute atomic E-state index is 0.0339. The van der Waals surface area contributed by atoms with Gasteiger partial charge in [0.2, 0.25) is 5.91 Å². The van der Waals surface area contributed by atoms with Gasteiger partial charge < -0.3 is 10.4 Å². The molecule has 0 aliphatic rings. The van der Waals surface area contributed by atoms with Gasteiger partial charge in [0.1, 0.15) is 5.01 Å². The van der Waals surface area contributed by atoms with Gasteiger partial charge in [-0.2, -0.15) is 0 Å². The third-order valence-corrected chi connectivity index (χ3v) is 4.50. The summed E-state index contributed by atoms with van der Waals surface area (Å²) >= 11 is 13.7. The van der Waals surface area contributed by atoms with Crippen molar-refractivity contribution in [3.63, 3.8) is 0 Å². The predicted molar refractivity (Wildman–Crippen MR) is 91.2 cm³/mol. The van der Waals surface area contributed by atoms with E-state index in [9.17, 15) is 9.59 Å². The largest absolute Gasteiger partial charge is 0.481 e. The molecule has 0 spiro atoms. The average Bonchev–Trinajstić information content (AvgIpc) is 2.91. The van der Waals surface area contributed by atoms with E-state index in [1.165, 1.54) is 11.3 Å². The minimum atomic E-state index is -0.875. The first-order valence-corrected chi connectivity index (χ1v) is 8.48. The number of thiazole rings is 1. The molecule has 1 aromatic carbocycles. The summed E-state index contributed by atoms with van der Waals surface area (Å²) in [6.45, 7) is 0.332. The molecule has 0 bridgehead atoms. The highest BCUT2D eigenvalue weighted by Gasteiger charge is 2.14. The molecule has 0 fully saturated rings. The van der Waals surface area contributed by atoms with Crippen LogP contribution in [0.3, 0.4) is 0 Å². The van der Waals surface area contributed by atoms with Gasteiger partial charge >= 0.3 is 5.97 Å². The van der Waals surface area contributed by atoms with Crippen molar-refractivity contribution in [2.75, 3.05) is 6.54 Å². The van der Waals surface area contributed by atoms with E-state index in [4.69, 9.17) is 28.3 Å². The number of carboxylic acid groups (broad SMARTS) is 1. The van der Waals surface area contributed by atoms with Crippen LogP contribution in [-0.4, -0.2) is 28.5 Å². The van der Waals surface area contributed by atoms with Crippen LogP contribution in [0.5, 0.6) is 0 Å². The molecule has 0 aliphatic heterocycles. The zero-order valence-corrected chi connectivity index (χ0v) is 14.3. The third kappa shape index (κ3) is 5.20. The predicted octanol–water partition coefficient (Wildman–Crippen LogP) is 3.64. The molecular weight excluding hydrogens is 359 g/mol. The quantitative estimate of drug-likeness (QED) is 0.727. The molecule has 1 amide bonds. The number of nitrogens with one attached hydrogen (secondary N) is 1. The van der Waals surface area contributed by atoms with E-state index in [1.54, 1.807) is 23.6 Å². The lowest BCUT2D eigenvalue weighted by atomic mass is 10.2. The smallest absolute Gasteiger partial charge is 0.303 e. The molecule has 122 valence electrons. The van der Waals surface area contributed by atoms with Gasteiger partial charge in [-0.05, 0) is 18.6 Å². The normalized spacial score (nSPS) is 10.5. The Morgan fingerprint density at radius 3 is 2.61 bits per heavy atom. The second kappa shape index (κ2) is 8.29. The Morgan fingerprint density at radius 1 is 1.26 bits per heavy atom. The highest BCUT2D eigenvalue weighted by atomic mass is 35.5. The Morgan fingerprint density at radius 2 is 1.96 bits per heavy atom. The van der Waals surface area contributed by atoms with Gasteiger partial charge in [0, 0.05) is 23.9 Å². The summed E-state index contributed by atoms with van der Waals surface area (Å²) in [6, 6.07) is 5.23. The van der Waals surface area contributed by atoms with Crippen molar-refractivity contribution >= 4 is 46.4 Å². The fourth-order valence-electron chi connectivity index (χ4n) is 1.90. The van der Waals surface area contributed by atoms with Gasteiger partial charge in [-0.1, -0.05) is 29.3 Å². The van der Waals surface area contributed by atoms with Crippen molar-refractivity contribution in [1.82, 2.24) is 10.3 Å². The number of aliphatic carboxylic acids is 1. The van der Waals surface area contributed by atoms with Gasteiger partial charge in [-0.15, -0.1) is 11.3 Å². The fraction of sp³-hybridized carbons (Fsp3) is 0.267. The van der Waals surface area contributed by atoms with Crippen LogP contribution in [0.2, 0.25) is 10.0 Å². The van der Waals surface area contributed by atoms with Crippen LogP contribution >= 0.6 is 34.5 Å².